The number of hydrazone groups is 1. The predicted molar refractivity (Wildman–Crippen MR) is 110 cm³/mol. The van der Waals surface area contributed by atoms with Crippen molar-refractivity contribution < 1.29 is 19.4 Å². The zero-order chi connectivity index (χ0) is 19.8. The Kier molecular flexibility index (Phi) is 7.81. The topological polar surface area (TPSA) is 100 Å². The average molecular weight is 499 g/mol. The minimum absolute atomic E-state index is 0.00272. The third-order valence-electron chi connectivity index (χ3n) is 3.36. The van der Waals surface area contributed by atoms with Crippen LogP contribution in [0.5, 0.6) is 11.5 Å². The smallest absolute Gasteiger partial charge is 0.240 e. The normalized spacial score (nSPS) is 10.6. The fourth-order valence-electron chi connectivity index (χ4n) is 2.09. The van der Waals surface area contributed by atoms with E-state index in [4.69, 9.17) is 4.74 Å². The van der Waals surface area contributed by atoms with Crippen molar-refractivity contribution in [3.8, 4) is 11.5 Å². The molecule has 3 N–H and O–H groups in total. The van der Waals surface area contributed by atoms with E-state index in [1.807, 2.05) is 12.1 Å². The molecule has 2 rings (SSSR count). The molecule has 2 amide bonds. The second-order valence-electron chi connectivity index (χ2n) is 5.40. The number of nitrogens with zero attached hydrogens (tertiary/aromatic N) is 1. The molecule has 0 aliphatic heterocycles. The molecular weight excluding hydrogens is 482 g/mol. The van der Waals surface area contributed by atoms with Crippen LogP contribution in [-0.4, -0.2) is 30.2 Å². The molecule has 0 aliphatic carbocycles. The molecule has 0 radical (unpaired) electrons. The van der Waals surface area contributed by atoms with Gasteiger partial charge < -0.3 is 15.2 Å². The van der Waals surface area contributed by atoms with Gasteiger partial charge in [0.2, 0.25) is 11.8 Å². The van der Waals surface area contributed by atoms with Crippen LogP contribution in [0.15, 0.2) is 50.4 Å². The molecule has 0 fully saturated rings. The predicted octanol–water partition coefficient (Wildman–Crippen LogP) is 3.79. The van der Waals surface area contributed by atoms with Crippen LogP contribution in [0, 0.1) is 0 Å². The van der Waals surface area contributed by atoms with Gasteiger partial charge >= 0.3 is 0 Å². The third kappa shape index (κ3) is 6.69. The zero-order valence-corrected chi connectivity index (χ0v) is 17.5. The number of rotatable bonds is 7. The Labute approximate surface area is 173 Å². The number of aromatic hydroxyl groups is 1. The monoisotopic (exact) mass is 497 g/mol. The lowest BCUT2D eigenvalue weighted by Gasteiger charge is -2.06. The van der Waals surface area contributed by atoms with E-state index < -0.39 is 5.91 Å². The summed E-state index contributed by atoms with van der Waals surface area (Å²) < 4.78 is 6.49. The molecule has 142 valence electrons. The van der Waals surface area contributed by atoms with Crippen molar-refractivity contribution in [3.63, 3.8) is 0 Å². The number of carbonyl (C=O) groups excluding carboxylic acids is 2. The number of amides is 2. The molecule has 2 aromatic rings. The van der Waals surface area contributed by atoms with Gasteiger partial charge in [-0.05, 0) is 57.9 Å². The van der Waals surface area contributed by atoms with E-state index in [0.29, 0.717) is 21.5 Å². The van der Waals surface area contributed by atoms with Crippen molar-refractivity contribution >= 4 is 55.6 Å². The van der Waals surface area contributed by atoms with Crippen LogP contribution in [0.1, 0.15) is 18.4 Å². The van der Waals surface area contributed by atoms with Crippen LogP contribution in [0.3, 0.4) is 0 Å². The van der Waals surface area contributed by atoms with Gasteiger partial charge in [-0.15, -0.1) is 0 Å². The van der Waals surface area contributed by atoms with Crippen molar-refractivity contribution in [3.05, 3.63) is 50.9 Å². The van der Waals surface area contributed by atoms with Crippen LogP contribution >= 0.6 is 31.9 Å². The van der Waals surface area contributed by atoms with Crippen molar-refractivity contribution in [1.29, 1.82) is 0 Å². The first kappa shape index (κ1) is 20.9. The zero-order valence-electron chi connectivity index (χ0n) is 14.3. The molecule has 9 heteroatoms. The molecule has 7 nitrogen and oxygen atoms in total. The van der Waals surface area contributed by atoms with Gasteiger partial charge in [0.25, 0.3) is 0 Å². The lowest BCUT2D eigenvalue weighted by molar-refractivity contribution is -0.124. The second kappa shape index (κ2) is 10.1. The molecule has 0 saturated heterocycles. The van der Waals surface area contributed by atoms with E-state index >= 15 is 0 Å². The SMILES string of the molecule is COc1c(O)cc(C=NNC(=O)CCC(=O)Nc2ccc(Br)cc2)cc1Br. The number of benzene rings is 2. The summed E-state index contributed by atoms with van der Waals surface area (Å²) in [4.78, 5) is 23.6. The Morgan fingerprint density at radius 1 is 1.15 bits per heavy atom. The molecule has 0 saturated carbocycles. The third-order valence-corrected chi connectivity index (χ3v) is 4.48. The molecule has 0 unspecified atom stereocenters. The summed E-state index contributed by atoms with van der Waals surface area (Å²) in [6.45, 7) is 0. The van der Waals surface area contributed by atoms with E-state index in [0.717, 1.165) is 4.47 Å². The van der Waals surface area contributed by atoms with Gasteiger partial charge in [0.15, 0.2) is 11.5 Å². The largest absolute Gasteiger partial charge is 0.504 e. The Bertz CT molecular complexity index is 831. The van der Waals surface area contributed by atoms with E-state index in [2.05, 4.69) is 47.7 Å². The summed E-state index contributed by atoms with van der Waals surface area (Å²) in [6.07, 6.45) is 1.41. The molecule has 2 aromatic carbocycles. The first-order chi connectivity index (χ1) is 12.9. The van der Waals surface area contributed by atoms with Gasteiger partial charge in [0, 0.05) is 23.0 Å². The van der Waals surface area contributed by atoms with Crippen molar-refractivity contribution in [1.82, 2.24) is 5.43 Å². The number of ether oxygens (including phenoxy) is 1. The molecule has 27 heavy (non-hydrogen) atoms. The number of methoxy groups -OCH3 is 1. The average Bonchev–Trinajstić information content (AvgIpc) is 2.62. The first-order valence-corrected chi connectivity index (χ1v) is 9.41. The molecule has 0 bridgehead atoms. The number of hydrogen-bond donors (Lipinski definition) is 3. The molecular formula is C18H17Br2N3O4. The van der Waals surface area contributed by atoms with Crippen molar-refractivity contribution in [2.45, 2.75) is 12.8 Å². The second-order valence-corrected chi connectivity index (χ2v) is 7.17. The highest BCUT2D eigenvalue weighted by Gasteiger charge is 2.09. The summed E-state index contributed by atoms with van der Waals surface area (Å²) in [5.41, 5.74) is 3.56. The Morgan fingerprint density at radius 3 is 2.44 bits per heavy atom. The number of phenolic OH excluding ortho intramolecular Hbond substituents is 1. The van der Waals surface area contributed by atoms with Gasteiger partial charge in [0.05, 0.1) is 17.8 Å². The number of hydrogen-bond acceptors (Lipinski definition) is 5. The van der Waals surface area contributed by atoms with Crippen LogP contribution in [-0.2, 0) is 9.59 Å². The number of phenols is 1. The van der Waals surface area contributed by atoms with Gasteiger partial charge in [-0.3, -0.25) is 9.59 Å². The minimum Gasteiger partial charge on any atom is -0.504 e. The number of anilines is 1. The first-order valence-electron chi connectivity index (χ1n) is 7.83. The Hall–Kier alpha value is -2.39. The van der Waals surface area contributed by atoms with Gasteiger partial charge in [-0.1, -0.05) is 15.9 Å². The number of halogens is 2. The molecule has 0 aromatic heterocycles. The number of nitrogens with one attached hydrogen (secondary N) is 2. The summed E-state index contributed by atoms with van der Waals surface area (Å²) in [5.74, 6) is -0.397. The molecule has 0 aliphatic rings. The lowest BCUT2D eigenvalue weighted by atomic mass is 10.2. The Balaban J connectivity index is 1.79. The molecule has 0 spiro atoms. The maximum atomic E-state index is 11.8. The maximum absolute atomic E-state index is 11.8. The fourth-order valence-corrected chi connectivity index (χ4v) is 2.99. The van der Waals surface area contributed by atoms with Gasteiger partial charge in [0.1, 0.15) is 0 Å². The van der Waals surface area contributed by atoms with Crippen LogP contribution in [0.2, 0.25) is 0 Å². The standard InChI is InChI=1S/C18H17Br2N3O4/c1-27-18-14(20)8-11(9-15(18)24)10-21-23-17(26)7-6-16(25)22-13-4-2-12(19)3-5-13/h2-5,8-10,24H,6-7H2,1H3,(H,22,25)(H,23,26). The molecule has 0 atom stereocenters. The quantitative estimate of drug-likeness (QED) is 0.399. The summed E-state index contributed by atoms with van der Waals surface area (Å²) >= 11 is 6.59. The fraction of sp³-hybridized carbons (Fsp3) is 0.167. The highest BCUT2D eigenvalue weighted by molar-refractivity contribution is 9.10. The van der Waals surface area contributed by atoms with E-state index in [-0.39, 0.29) is 24.5 Å². The lowest BCUT2D eigenvalue weighted by Crippen LogP contribution is -2.20. The van der Waals surface area contributed by atoms with Crippen molar-refractivity contribution in [2.24, 2.45) is 5.10 Å². The Morgan fingerprint density at radius 2 is 1.81 bits per heavy atom. The van der Waals surface area contributed by atoms with Crippen LogP contribution in [0.25, 0.3) is 0 Å². The van der Waals surface area contributed by atoms with Crippen molar-refractivity contribution in [2.75, 3.05) is 12.4 Å². The summed E-state index contributed by atoms with van der Waals surface area (Å²) in [7, 11) is 1.45. The van der Waals surface area contributed by atoms with E-state index in [1.165, 1.54) is 19.4 Å². The van der Waals surface area contributed by atoms with Gasteiger partial charge in [-0.2, -0.15) is 5.10 Å². The molecule has 0 heterocycles. The van der Waals surface area contributed by atoms with E-state index in [1.54, 1.807) is 18.2 Å². The van der Waals surface area contributed by atoms with Crippen LogP contribution < -0.4 is 15.5 Å². The summed E-state index contributed by atoms with van der Waals surface area (Å²) in [6, 6.07) is 10.3. The summed E-state index contributed by atoms with van der Waals surface area (Å²) in [5, 5.41) is 16.3. The van der Waals surface area contributed by atoms with Crippen LogP contribution in [0.4, 0.5) is 5.69 Å². The minimum atomic E-state index is -0.394. The van der Waals surface area contributed by atoms with E-state index in [9.17, 15) is 14.7 Å². The number of carbonyl (C=O) groups is 2. The van der Waals surface area contributed by atoms with Gasteiger partial charge in [-0.25, -0.2) is 5.43 Å². The maximum Gasteiger partial charge on any atom is 0.240 e. The highest BCUT2D eigenvalue weighted by atomic mass is 79.9. The highest BCUT2D eigenvalue weighted by Crippen LogP contribution is 2.34.